The lowest BCUT2D eigenvalue weighted by Gasteiger charge is -2.30. The maximum Gasteiger partial charge on any atom is 0.329 e. The van der Waals surface area contributed by atoms with Crippen molar-refractivity contribution in [2.45, 2.75) is 69.7 Å². The predicted molar refractivity (Wildman–Crippen MR) is 81.0 cm³/mol. The summed E-state index contributed by atoms with van der Waals surface area (Å²) in [6.07, 6.45) is 8.64. The highest BCUT2D eigenvalue weighted by Crippen LogP contribution is 2.28. The van der Waals surface area contributed by atoms with Gasteiger partial charge in [-0.25, -0.2) is 4.79 Å². The zero-order valence-corrected chi connectivity index (χ0v) is 12.8. The maximum atomic E-state index is 12.2. The van der Waals surface area contributed by atoms with E-state index in [-0.39, 0.29) is 5.91 Å². The van der Waals surface area contributed by atoms with Gasteiger partial charge in [-0.15, -0.1) is 0 Å². The van der Waals surface area contributed by atoms with Gasteiger partial charge in [0.05, 0.1) is 0 Å². The Morgan fingerprint density at radius 3 is 2.29 bits per heavy atom. The lowest BCUT2D eigenvalue weighted by Crippen LogP contribution is -2.54. The Morgan fingerprint density at radius 2 is 1.71 bits per heavy atom. The van der Waals surface area contributed by atoms with Crippen LogP contribution in [0.2, 0.25) is 0 Å². The molecular weight excluding hydrogens is 268 g/mol. The van der Waals surface area contributed by atoms with Crippen LogP contribution in [0.4, 0.5) is 0 Å². The van der Waals surface area contributed by atoms with Crippen LogP contribution in [0, 0.1) is 5.92 Å². The van der Waals surface area contributed by atoms with Crippen molar-refractivity contribution in [2.75, 3.05) is 13.1 Å². The van der Waals surface area contributed by atoms with Gasteiger partial charge in [0.25, 0.3) is 0 Å². The molecule has 21 heavy (non-hydrogen) atoms. The van der Waals surface area contributed by atoms with E-state index in [1.54, 1.807) is 0 Å². The molecular formula is C16H28N2O3. The molecule has 0 aromatic rings. The molecule has 1 saturated carbocycles. The van der Waals surface area contributed by atoms with E-state index in [0.29, 0.717) is 25.2 Å². The molecule has 1 aliphatic heterocycles. The molecule has 0 bridgehead atoms. The van der Waals surface area contributed by atoms with Crippen molar-refractivity contribution in [1.82, 2.24) is 10.6 Å². The van der Waals surface area contributed by atoms with Crippen LogP contribution in [0.3, 0.4) is 0 Å². The van der Waals surface area contributed by atoms with E-state index in [9.17, 15) is 14.7 Å². The average molecular weight is 296 g/mol. The number of piperidine rings is 1. The van der Waals surface area contributed by atoms with Crippen molar-refractivity contribution in [2.24, 2.45) is 5.92 Å². The maximum absolute atomic E-state index is 12.2. The highest BCUT2D eigenvalue weighted by Gasteiger charge is 2.39. The highest BCUT2D eigenvalue weighted by atomic mass is 16.4. The first-order valence-electron chi connectivity index (χ1n) is 8.37. The van der Waals surface area contributed by atoms with E-state index in [2.05, 4.69) is 10.6 Å². The number of hydrogen-bond acceptors (Lipinski definition) is 3. The molecule has 0 radical (unpaired) electrons. The Kier molecular flexibility index (Phi) is 6.03. The number of carbonyl (C=O) groups excluding carboxylic acids is 1. The third-order valence-corrected chi connectivity index (χ3v) is 4.98. The molecule has 120 valence electrons. The van der Waals surface area contributed by atoms with Crippen LogP contribution in [0.5, 0.6) is 0 Å². The van der Waals surface area contributed by atoms with Crippen molar-refractivity contribution in [1.29, 1.82) is 0 Å². The summed E-state index contributed by atoms with van der Waals surface area (Å²) in [6, 6.07) is 0. The molecule has 1 heterocycles. The molecule has 0 spiro atoms. The lowest BCUT2D eigenvalue weighted by molar-refractivity contribution is -0.148. The number of amides is 1. The smallest absolute Gasteiger partial charge is 0.329 e. The van der Waals surface area contributed by atoms with Gasteiger partial charge >= 0.3 is 5.97 Å². The molecule has 2 rings (SSSR count). The topological polar surface area (TPSA) is 78.4 Å². The Hall–Kier alpha value is -1.10. The third-order valence-electron chi connectivity index (χ3n) is 4.98. The van der Waals surface area contributed by atoms with Gasteiger partial charge < -0.3 is 15.7 Å². The van der Waals surface area contributed by atoms with Gasteiger partial charge in [0.1, 0.15) is 5.54 Å². The first-order chi connectivity index (χ1) is 10.1. The van der Waals surface area contributed by atoms with Gasteiger partial charge in [-0.2, -0.15) is 0 Å². The fourth-order valence-electron chi connectivity index (χ4n) is 3.56. The van der Waals surface area contributed by atoms with E-state index in [1.165, 1.54) is 0 Å². The monoisotopic (exact) mass is 296 g/mol. The van der Waals surface area contributed by atoms with E-state index in [4.69, 9.17) is 0 Å². The van der Waals surface area contributed by atoms with Gasteiger partial charge in [-0.05, 0) is 51.1 Å². The second kappa shape index (κ2) is 7.78. The standard InChI is InChI=1S/C16H28N2O3/c19-14(6-5-13-7-11-17-12-8-13)18-16(15(20)21)9-3-1-2-4-10-16/h13,17H,1-12H2,(H,18,19)(H,20,21). The zero-order valence-electron chi connectivity index (χ0n) is 12.8. The molecule has 1 amide bonds. The number of aliphatic carboxylic acids is 1. The molecule has 2 fully saturated rings. The Balaban J connectivity index is 1.84. The van der Waals surface area contributed by atoms with Crippen LogP contribution >= 0.6 is 0 Å². The lowest BCUT2D eigenvalue weighted by atomic mass is 9.89. The van der Waals surface area contributed by atoms with Crippen molar-refractivity contribution in [3.05, 3.63) is 0 Å². The summed E-state index contributed by atoms with van der Waals surface area (Å²) in [5, 5.41) is 15.7. The molecule has 1 saturated heterocycles. The quantitative estimate of drug-likeness (QED) is 0.679. The predicted octanol–water partition coefficient (Wildman–Crippen LogP) is 2.06. The molecule has 1 aliphatic carbocycles. The number of carboxylic acid groups (broad SMARTS) is 1. The number of hydrogen-bond donors (Lipinski definition) is 3. The van der Waals surface area contributed by atoms with Crippen LogP contribution in [-0.4, -0.2) is 35.6 Å². The fourth-order valence-corrected chi connectivity index (χ4v) is 3.56. The molecule has 0 unspecified atom stereocenters. The molecule has 0 aromatic carbocycles. The van der Waals surface area contributed by atoms with Gasteiger partial charge in [-0.3, -0.25) is 4.79 Å². The zero-order chi connectivity index (χ0) is 15.1. The third kappa shape index (κ3) is 4.70. The van der Waals surface area contributed by atoms with Crippen molar-refractivity contribution >= 4 is 11.9 Å². The summed E-state index contributed by atoms with van der Waals surface area (Å²) in [5.74, 6) is -0.343. The Labute approximate surface area is 126 Å². The van der Waals surface area contributed by atoms with Crippen LogP contribution in [0.15, 0.2) is 0 Å². The summed E-state index contributed by atoms with van der Waals surface area (Å²) >= 11 is 0. The van der Waals surface area contributed by atoms with E-state index < -0.39 is 11.5 Å². The summed E-state index contributed by atoms with van der Waals surface area (Å²) < 4.78 is 0. The van der Waals surface area contributed by atoms with Crippen LogP contribution < -0.4 is 10.6 Å². The number of carbonyl (C=O) groups is 2. The molecule has 5 nitrogen and oxygen atoms in total. The first kappa shape index (κ1) is 16.3. The summed E-state index contributed by atoms with van der Waals surface area (Å²) in [5.41, 5.74) is -1.01. The van der Waals surface area contributed by atoms with Gasteiger partial charge in [-0.1, -0.05) is 25.7 Å². The minimum Gasteiger partial charge on any atom is -0.480 e. The summed E-state index contributed by atoms with van der Waals surface area (Å²) in [7, 11) is 0. The molecule has 0 aromatic heterocycles. The van der Waals surface area contributed by atoms with Crippen molar-refractivity contribution in [3.63, 3.8) is 0 Å². The number of carboxylic acids is 1. The summed E-state index contributed by atoms with van der Waals surface area (Å²) in [6.45, 7) is 2.07. The minimum absolute atomic E-state index is 0.0853. The van der Waals surface area contributed by atoms with Gasteiger partial charge in [0, 0.05) is 6.42 Å². The molecule has 3 N–H and O–H groups in total. The van der Waals surface area contributed by atoms with E-state index in [1.807, 2.05) is 0 Å². The van der Waals surface area contributed by atoms with Gasteiger partial charge in [0.15, 0.2) is 0 Å². The Morgan fingerprint density at radius 1 is 1.10 bits per heavy atom. The SMILES string of the molecule is O=C(CCC1CCNCC1)NC1(C(=O)O)CCCCCC1. The van der Waals surface area contributed by atoms with Crippen LogP contribution in [-0.2, 0) is 9.59 Å². The highest BCUT2D eigenvalue weighted by molar-refractivity contribution is 5.87. The second-order valence-electron chi connectivity index (χ2n) is 6.58. The van der Waals surface area contributed by atoms with Gasteiger partial charge in [0.2, 0.25) is 5.91 Å². The molecule has 0 atom stereocenters. The Bertz CT molecular complexity index is 357. The number of rotatable bonds is 5. The molecule has 2 aliphatic rings. The van der Waals surface area contributed by atoms with Crippen LogP contribution in [0.1, 0.15) is 64.2 Å². The minimum atomic E-state index is -1.01. The molecule has 5 heteroatoms. The summed E-state index contributed by atoms with van der Waals surface area (Å²) in [4.78, 5) is 23.8. The van der Waals surface area contributed by atoms with Crippen molar-refractivity contribution in [3.8, 4) is 0 Å². The number of nitrogens with one attached hydrogen (secondary N) is 2. The van der Waals surface area contributed by atoms with Crippen LogP contribution in [0.25, 0.3) is 0 Å². The van der Waals surface area contributed by atoms with E-state index in [0.717, 1.165) is 58.0 Å². The van der Waals surface area contributed by atoms with E-state index >= 15 is 0 Å². The average Bonchev–Trinajstić information content (AvgIpc) is 2.73. The largest absolute Gasteiger partial charge is 0.480 e. The fraction of sp³-hybridized carbons (Fsp3) is 0.875. The normalized spacial score (nSPS) is 23.2. The second-order valence-corrected chi connectivity index (χ2v) is 6.58. The van der Waals surface area contributed by atoms with Crippen molar-refractivity contribution < 1.29 is 14.7 Å². The first-order valence-corrected chi connectivity index (χ1v) is 8.37.